The van der Waals surface area contributed by atoms with Crippen molar-refractivity contribution >= 4 is 17.3 Å². The quantitative estimate of drug-likeness (QED) is 0.878. The molecule has 1 N–H and O–H groups in total. The van der Waals surface area contributed by atoms with Crippen molar-refractivity contribution in [2.45, 2.75) is 6.42 Å². The molecule has 0 saturated carbocycles. The minimum Gasteiger partial charge on any atom is -0.497 e. The van der Waals surface area contributed by atoms with E-state index in [0.717, 1.165) is 29.4 Å². The molecule has 18 heavy (non-hydrogen) atoms. The maximum absolute atomic E-state index is 5.94. The second-order valence-corrected chi connectivity index (χ2v) is 4.47. The van der Waals surface area contributed by atoms with Gasteiger partial charge in [-0.05, 0) is 48.4 Å². The lowest BCUT2D eigenvalue weighted by Gasteiger charge is -2.07. The Morgan fingerprint density at radius 3 is 2.56 bits per heavy atom. The fraction of sp³-hybridized carbons (Fsp3) is 0.200. The molecule has 94 valence electrons. The van der Waals surface area contributed by atoms with Crippen LogP contribution in [0.1, 0.15) is 5.56 Å². The summed E-state index contributed by atoms with van der Waals surface area (Å²) in [6, 6.07) is 15.9. The topological polar surface area (TPSA) is 21.3 Å². The third kappa shape index (κ3) is 3.67. The van der Waals surface area contributed by atoms with Gasteiger partial charge in [0, 0.05) is 17.3 Å². The minimum absolute atomic E-state index is 0.789. The van der Waals surface area contributed by atoms with Crippen molar-refractivity contribution in [1.82, 2.24) is 0 Å². The van der Waals surface area contributed by atoms with Crippen LogP contribution in [0, 0.1) is 0 Å². The number of anilines is 1. The zero-order valence-corrected chi connectivity index (χ0v) is 11.1. The van der Waals surface area contributed by atoms with E-state index in [1.807, 2.05) is 42.5 Å². The molecule has 2 aromatic rings. The number of hydrogen-bond donors (Lipinski definition) is 1. The highest BCUT2D eigenvalue weighted by molar-refractivity contribution is 6.30. The summed E-state index contributed by atoms with van der Waals surface area (Å²) in [5.41, 5.74) is 2.33. The van der Waals surface area contributed by atoms with Crippen LogP contribution in [0.5, 0.6) is 5.75 Å². The van der Waals surface area contributed by atoms with Crippen LogP contribution in [0.15, 0.2) is 48.5 Å². The Morgan fingerprint density at radius 1 is 1.11 bits per heavy atom. The van der Waals surface area contributed by atoms with Crippen LogP contribution in [-0.4, -0.2) is 13.7 Å². The molecule has 0 aromatic heterocycles. The second kappa shape index (κ2) is 6.31. The Balaban J connectivity index is 1.84. The third-order valence-corrected chi connectivity index (χ3v) is 2.96. The molecule has 0 aliphatic heterocycles. The molecule has 0 amide bonds. The van der Waals surface area contributed by atoms with Crippen LogP contribution < -0.4 is 10.1 Å². The van der Waals surface area contributed by atoms with Crippen molar-refractivity contribution in [3.8, 4) is 5.75 Å². The van der Waals surface area contributed by atoms with E-state index in [2.05, 4.69) is 11.4 Å². The molecular weight excluding hydrogens is 246 g/mol. The Morgan fingerprint density at radius 2 is 1.89 bits per heavy atom. The fourth-order valence-electron chi connectivity index (χ4n) is 1.75. The predicted octanol–water partition coefficient (Wildman–Crippen LogP) is 4.00. The molecule has 0 unspecified atom stereocenters. The predicted molar refractivity (Wildman–Crippen MR) is 76.6 cm³/mol. The largest absolute Gasteiger partial charge is 0.497 e. The maximum Gasteiger partial charge on any atom is 0.119 e. The Hall–Kier alpha value is -1.67. The van der Waals surface area contributed by atoms with E-state index in [-0.39, 0.29) is 0 Å². The number of methoxy groups -OCH3 is 1. The first-order valence-electron chi connectivity index (χ1n) is 5.90. The van der Waals surface area contributed by atoms with Crippen LogP contribution in [-0.2, 0) is 6.42 Å². The zero-order chi connectivity index (χ0) is 12.8. The van der Waals surface area contributed by atoms with Gasteiger partial charge in [0.1, 0.15) is 5.75 Å². The SMILES string of the molecule is COc1ccc(NCCc2cccc(Cl)c2)cc1. The Labute approximate surface area is 113 Å². The zero-order valence-electron chi connectivity index (χ0n) is 10.3. The molecular formula is C15H16ClNO. The summed E-state index contributed by atoms with van der Waals surface area (Å²) >= 11 is 5.94. The highest BCUT2D eigenvalue weighted by Gasteiger charge is 1.96. The molecule has 0 radical (unpaired) electrons. The smallest absolute Gasteiger partial charge is 0.119 e. The van der Waals surface area contributed by atoms with Crippen LogP contribution in [0.25, 0.3) is 0 Å². The van der Waals surface area contributed by atoms with Crippen molar-refractivity contribution in [2.24, 2.45) is 0 Å². The first kappa shape index (κ1) is 12.8. The van der Waals surface area contributed by atoms with E-state index in [9.17, 15) is 0 Å². The van der Waals surface area contributed by atoms with Crippen molar-refractivity contribution in [2.75, 3.05) is 19.0 Å². The van der Waals surface area contributed by atoms with Gasteiger partial charge in [0.2, 0.25) is 0 Å². The van der Waals surface area contributed by atoms with E-state index in [1.165, 1.54) is 5.56 Å². The number of nitrogens with one attached hydrogen (secondary N) is 1. The van der Waals surface area contributed by atoms with Gasteiger partial charge in [0.25, 0.3) is 0 Å². The summed E-state index contributed by atoms with van der Waals surface area (Å²) in [5.74, 6) is 0.871. The van der Waals surface area contributed by atoms with Gasteiger partial charge >= 0.3 is 0 Å². The lowest BCUT2D eigenvalue weighted by atomic mass is 10.1. The van der Waals surface area contributed by atoms with Crippen LogP contribution in [0.3, 0.4) is 0 Å². The maximum atomic E-state index is 5.94. The fourth-order valence-corrected chi connectivity index (χ4v) is 1.97. The van der Waals surface area contributed by atoms with Crippen molar-refractivity contribution in [3.63, 3.8) is 0 Å². The summed E-state index contributed by atoms with van der Waals surface area (Å²) in [4.78, 5) is 0. The Bertz CT molecular complexity index is 496. The number of ether oxygens (including phenoxy) is 1. The number of hydrogen-bond acceptors (Lipinski definition) is 2. The van der Waals surface area contributed by atoms with E-state index >= 15 is 0 Å². The monoisotopic (exact) mass is 261 g/mol. The van der Waals surface area contributed by atoms with Crippen molar-refractivity contribution in [3.05, 3.63) is 59.1 Å². The highest BCUT2D eigenvalue weighted by Crippen LogP contribution is 2.15. The van der Waals surface area contributed by atoms with E-state index < -0.39 is 0 Å². The van der Waals surface area contributed by atoms with Crippen molar-refractivity contribution < 1.29 is 4.74 Å². The molecule has 2 rings (SSSR count). The summed E-state index contributed by atoms with van der Waals surface area (Å²) in [6.45, 7) is 0.882. The normalized spacial score (nSPS) is 10.1. The minimum atomic E-state index is 0.789. The highest BCUT2D eigenvalue weighted by atomic mass is 35.5. The molecule has 0 saturated heterocycles. The van der Waals surface area contributed by atoms with Crippen molar-refractivity contribution in [1.29, 1.82) is 0 Å². The van der Waals surface area contributed by atoms with Gasteiger partial charge in [-0.15, -0.1) is 0 Å². The summed E-state index contributed by atoms with van der Waals surface area (Å²) in [5, 5.41) is 4.15. The molecule has 3 heteroatoms. The van der Waals surface area contributed by atoms with Gasteiger partial charge < -0.3 is 10.1 Å². The Kier molecular flexibility index (Phi) is 4.48. The lowest BCUT2D eigenvalue weighted by molar-refractivity contribution is 0.415. The van der Waals surface area contributed by atoms with Gasteiger partial charge in [-0.2, -0.15) is 0 Å². The van der Waals surface area contributed by atoms with Crippen LogP contribution in [0.2, 0.25) is 5.02 Å². The van der Waals surface area contributed by atoms with Crippen LogP contribution >= 0.6 is 11.6 Å². The molecule has 0 fully saturated rings. The van der Waals surface area contributed by atoms with E-state index in [0.29, 0.717) is 0 Å². The average Bonchev–Trinajstić information content (AvgIpc) is 2.40. The molecule has 0 heterocycles. The summed E-state index contributed by atoms with van der Waals surface area (Å²) in [6.07, 6.45) is 0.951. The summed E-state index contributed by atoms with van der Waals surface area (Å²) < 4.78 is 5.11. The number of halogens is 1. The first-order valence-corrected chi connectivity index (χ1v) is 6.28. The number of rotatable bonds is 5. The van der Waals surface area contributed by atoms with Gasteiger partial charge in [-0.25, -0.2) is 0 Å². The van der Waals surface area contributed by atoms with Gasteiger partial charge in [0.15, 0.2) is 0 Å². The molecule has 0 atom stereocenters. The average molecular weight is 262 g/mol. The lowest BCUT2D eigenvalue weighted by Crippen LogP contribution is -2.04. The van der Waals surface area contributed by atoms with Gasteiger partial charge in [0.05, 0.1) is 7.11 Å². The molecule has 0 aliphatic carbocycles. The molecule has 2 aromatic carbocycles. The van der Waals surface area contributed by atoms with Crippen LogP contribution in [0.4, 0.5) is 5.69 Å². The molecule has 2 nitrogen and oxygen atoms in total. The van der Waals surface area contributed by atoms with Gasteiger partial charge in [-0.3, -0.25) is 0 Å². The van der Waals surface area contributed by atoms with Gasteiger partial charge in [-0.1, -0.05) is 23.7 Å². The first-order chi connectivity index (χ1) is 8.78. The third-order valence-electron chi connectivity index (χ3n) is 2.72. The van der Waals surface area contributed by atoms with E-state index in [1.54, 1.807) is 7.11 Å². The second-order valence-electron chi connectivity index (χ2n) is 4.04. The number of benzene rings is 2. The molecule has 0 spiro atoms. The molecule has 0 aliphatic rings. The standard InChI is InChI=1S/C15H16ClNO/c1-18-15-7-5-14(6-8-15)17-10-9-12-3-2-4-13(16)11-12/h2-8,11,17H,9-10H2,1H3. The molecule has 0 bridgehead atoms. The summed E-state index contributed by atoms with van der Waals surface area (Å²) in [7, 11) is 1.67. The van der Waals surface area contributed by atoms with E-state index in [4.69, 9.17) is 16.3 Å².